The molecule has 0 heterocycles. The average Bonchev–Trinajstić information content (AvgIpc) is 2.80. The lowest BCUT2D eigenvalue weighted by atomic mass is 10.1. The summed E-state index contributed by atoms with van der Waals surface area (Å²) in [6.45, 7) is 5.71. The van der Waals surface area contributed by atoms with Crippen LogP contribution in [0.25, 0.3) is 0 Å². The summed E-state index contributed by atoms with van der Waals surface area (Å²) in [5.41, 5.74) is -1.19. The number of ether oxygens (including phenoxy) is 1. The van der Waals surface area contributed by atoms with Gasteiger partial charge in [-0.3, -0.25) is 4.79 Å². The molecule has 0 N–H and O–H groups in total. The molecule has 2 saturated carbocycles. The van der Waals surface area contributed by atoms with Crippen LogP contribution in [0, 0.1) is 23.2 Å². The third kappa shape index (κ3) is 1.37. The summed E-state index contributed by atoms with van der Waals surface area (Å²) in [7, 11) is 1.40. The van der Waals surface area contributed by atoms with Crippen LogP contribution in [0.2, 0.25) is 0 Å². The SMILES string of the molecule is COC(=O)[C@@H]1[C@H](C2C(C)([O-])C2(Br)Br)C1(C)C. The first-order valence-corrected chi connectivity index (χ1v) is 6.84. The zero-order valence-corrected chi connectivity index (χ0v) is 12.9. The Balaban J connectivity index is 2.18. The molecule has 0 aromatic carbocycles. The lowest BCUT2D eigenvalue weighted by Crippen LogP contribution is -2.30. The molecular weight excluding hydrogens is 340 g/mol. The third-order valence-corrected chi connectivity index (χ3v) is 6.85. The van der Waals surface area contributed by atoms with Crippen LogP contribution < -0.4 is 5.11 Å². The Morgan fingerprint density at radius 2 is 1.75 bits per heavy atom. The zero-order chi connectivity index (χ0) is 12.5. The maximum atomic E-state index is 12.2. The maximum Gasteiger partial charge on any atom is 0.309 e. The zero-order valence-electron chi connectivity index (χ0n) is 9.71. The van der Waals surface area contributed by atoms with Gasteiger partial charge in [0.1, 0.15) is 0 Å². The van der Waals surface area contributed by atoms with Gasteiger partial charge < -0.3 is 9.84 Å². The predicted molar refractivity (Wildman–Crippen MR) is 65.3 cm³/mol. The molecule has 92 valence electrons. The molecule has 2 fully saturated rings. The second-order valence-corrected chi connectivity index (χ2v) is 9.12. The van der Waals surface area contributed by atoms with Gasteiger partial charge >= 0.3 is 5.97 Å². The highest BCUT2D eigenvalue weighted by atomic mass is 79.9. The predicted octanol–water partition coefficient (Wildman–Crippen LogP) is 1.67. The number of hydrogen-bond acceptors (Lipinski definition) is 3. The van der Waals surface area contributed by atoms with E-state index in [9.17, 15) is 9.90 Å². The van der Waals surface area contributed by atoms with Crippen molar-refractivity contribution >= 4 is 37.8 Å². The molecule has 0 aliphatic heterocycles. The largest absolute Gasteiger partial charge is 0.848 e. The lowest BCUT2D eigenvalue weighted by Gasteiger charge is -2.17. The summed E-state index contributed by atoms with van der Waals surface area (Å²) in [5.74, 6) is -0.318. The molecule has 5 heteroatoms. The monoisotopic (exact) mass is 353 g/mol. The topological polar surface area (TPSA) is 49.4 Å². The average molecular weight is 355 g/mol. The third-order valence-electron chi connectivity index (χ3n) is 4.29. The molecule has 0 saturated heterocycles. The molecule has 0 radical (unpaired) electrons. The molecule has 0 aromatic rings. The summed E-state index contributed by atoms with van der Waals surface area (Å²) >= 11 is 6.83. The van der Waals surface area contributed by atoms with Crippen LogP contribution in [-0.2, 0) is 9.53 Å². The summed E-state index contributed by atoms with van der Waals surface area (Å²) in [4.78, 5) is 11.6. The molecular formula is C11H15Br2O3-. The van der Waals surface area contributed by atoms with Gasteiger partial charge in [0.15, 0.2) is 0 Å². The highest BCUT2D eigenvalue weighted by molar-refractivity contribution is 9.25. The van der Waals surface area contributed by atoms with Gasteiger partial charge in [-0.05, 0) is 17.3 Å². The van der Waals surface area contributed by atoms with Gasteiger partial charge in [0.25, 0.3) is 0 Å². The highest BCUT2D eigenvalue weighted by Crippen LogP contribution is 2.77. The summed E-state index contributed by atoms with van der Waals surface area (Å²) in [6, 6.07) is 0. The van der Waals surface area contributed by atoms with E-state index >= 15 is 0 Å². The number of esters is 1. The summed E-state index contributed by atoms with van der Waals surface area (Å²) in [5, 5.41) is 12.2. The van der Waals surface area contributed by atoms with E-state index in [1.54, 1.807) is 6.92 Å². The molecule has 2 unspecified atom stereocenters. The minimum Gasteiger partial charge on any atom is -0.848 e. The van der Waals surface area contributed by atoms with E-state index in [0.717, 1.165) is 0 Å². The van der Waals surface area contributed by atoms with Crippen molar-refractivity contribution in [3.05, 3.63) is 0 Å². The van der Waals surface area contributed by atoms with E-state index in [0.29, 0.717) is 0 Å². The molecule has 3 nitrogen and oxygen atoms in total. The Hall–Kier alpha value is 0.390. The first-order chi connectivity index (χ1) is 7.10. The Morgan fingerprint density at radius 1 is 1.31 bits per heavy atom. The maximum absolute atomic E-state index is 12.2. The van der Waals surface area contributed by atoms with Gasteiger partial charge in [-0.2, -0.15) is 0 Å². The normalized spacial score (nSPS) is 47.3. The van der Waals surface area contributed by atoms with Crippen LogP contribution in [0.3, 0.4) is 0 Å². The second-order valence-electron chi connectivity index (χ2n) is 5.56. The fourth-order valence-corrected chi connectivity index (χ4v) is 4.69. The quantitative estimate of drug-likeness (QED) is 0.559. The number of carbonyl (C=O) groups is 1. The number of alkyl halides is 2. The summed E-state index contributed by atoms with van der Waals surface area (Å²) < 4.78 is 4.21. The molecule has 0 aromatic heterocycles. The molecule has 0 amide bonds. The van der Waals surface area contributed by atoms with Gasteiger partial charge in [-0.25, -0.2) is 0 Å². The van der Waals surface area contributed by atoms with E-state index in [-0.39, 0.29) is 29.1 Å². The minimum absolute atomic E-state index is 0.0703. The number of hydrogen-bond donors (Lipinski definition) is 0. The molecule has 2 aliphatic rings. The van der Waals surface area contributed by atoms with E-state index < -0.39 is 8.83 Å². The first-order valence-electron chi connectivity index (χ1n) is 5.26. The van der Waals surface area contributed by atoms with Crippen LogP contribution >= 0.6 is 31.9 Å². The highest BCUT2D eigenvalue weighted by Gasteiger charge is 2.78. The van der Waals surface area contributed by atoms with Crippen LogP contribution in [0.1, 0.15) is 20.8 Å². The van der Waals surface area contributed by atoms with Crippen LogP contribution in [0.15, 0.2) is 0 Å². The fraction of sp³-hybridized carbons (Fsp3) is 0.909. The van der Waals surface area contributed by atoms with Crippen molar-refractivity contribution in [2.24, 2.45) is 23.2 Å². The molecule has 0 spiro atoms. The second kappa shape index (κ2) is 3.23. The van der Waals surface area contributed by atoms with Crippen molar-refractivity contribution < 1.29 is 14.6 Å². The number of halogens is 2. The molecule has 16 heavy (non-hydrogen) atoms. The number of methoxy groups -OCH3 is 1. The van der Waals surface area contributed by atoms with E-state index in [2.05, 4.69) is 31.9 Å². The molecule has 0 bridgehead atoms. The van der Waals surface area contributed by atoms with Gasteiger partial charge in [-0.1, -0.05) is 58.2 Å². The Morgan fingerprint density at radius 3 is 2.06 bits per heavy atom. The Labute approximate surface area is 112 Å². The van der Waals surface area contributed by atoms with Gasteiger partial charge in [-0.15, -0.1) is 0 Å². The van der Waals surface area contributed by atoms with Crippen LogP contribution in [0.4, 0.5) is 0 Å². The molecule has 2 rings (SSSR count). The Kier molecular flexibility index (Phi) is 2.59. The summed E-state index contributed by atoms with van der Waals surface area (Å²) in [6.07, 6.45) is 0. The standard InChI is InChI=1S/C11H15Br2O3/c1-9(2)5(6(9)8(14)16-4)7-10(3,15)11(7,12)13/h5-7H,1-4H3/q-1/t5-,6+,7?,10?/m1/s1. The number of rotatable bonds is 2. The lowest BCUT2D eigenvalue weighted by molar-refractivity contribution is -0.438. The Bertz CT molecular complexity index is 335. The molecule has 2 aliphatic carbocycles. The van der Waals surface area contributed by atoms with E-state index in [4.69, 9.17) is 4.74 Å². The smallest absolute Gasteiger partial charge is 0.309 e. The van der Waals surface area contributed by atoms with Crippen LogP contribution in [-0.4, -0.2) is 21.9 Å². The van der Waals surface area contributed by atoms with E-state index in [1.165, 1.54) is 7.11 Å². The van der Waals surface area contributed by atoms with Crippen molar-refractivity contribution in [3.8, 4) is 0 Å². The van der Waals surface area contributed by atoms with Crippen LogP contribution in [0.5, 0.6) is 0 Å². The van der Waals surface area contributed by atoms with Gasteiger partial charge in [0.2, 0.25) is 0 Å². The van der Waals surface area contributed by atoms with E-state index in [1.807, 2.05) is 13.8 Å². The fourth-order valence-electron chi connectivity index (χ4n) is 2.98. The van der Waals surface area contributed by atoms with Gasteiger partial charge in [0.05, 0.1) is 16.3 Å². The van der Waals surface area contributed by atoms with Crippen molar-refractivity contribution in [1.82, 2.24) is 0 Å². The first kappa shape index (κ1) is 12.8. The van der Waals surface area contributed by atoms with Crippen molar-refractivity contribution in [2.75, 3.05) is 7.11 Å². The number of carbonyl (C=O) groups excluding carboxylic acids is 1. The van der Waals surface area contributed by atoms with Crippen molar-refractivity contribution in [2.45, 2.75) is 29.6 Å². The van der Waals surface area contributed by atoms with Crippen molar-refractivity contribution in [3.63, 3.8) is 0 Å². The minimum atomic E-state index is -1.06. The van der Waals surface area contributed by atoms with Crippen molar-refractivity contribution in [1.29, 1.82) is 0 Å². The molecule has 4 atom stereocenters. The van der Waals surface area contributed by atoms with Gasteiger partial charge in [0, 0.05) is 0 Å².